The summed E-state index contributed by atoms with van der Waals surface area (Å²) in [5.41, 5.74) is -0.906. The van der Waals surface area contributed by atoms with Crippen molar-refractivity contribution in [2.75, 3.05) is 7.11 Å². The lowest BCUT2D eigenvalue weighted by atomic mass is 9.87. The predicted molar refractivity (Wildman–Crippen MR) is 92.7 cm³/mol. The minimum Gasteiger partial charge on any atom is -0.490 e. The third-order valence-electron chi connectivity index (χ3n) is 5.12. The van der Waals surface area contributed by atoms with Gasteiger partial charge in [-0.25, -0.2) is 4.79 Å². The zero-order chi connectivity index (χ0) is 21.4. The van der Waals surface area contributed by atoms with Crippen LogP contribution in [0.15, 0.2) is 30.3 Å². The molecule has 0 N–H and O–H groups in total. The van der Waals surface area contributed by atoms with Crippen LogP contribution in [0.5, 0.6) is 5.75 Å². The molecule has 0 heterocycles. The minimum absolute atomic E-state index is 0.0286. The first-order chi connectivity index (χ1) is 13.5. The molecule has 158 valence electrons. The monoisotopic (exact) mass is 420 g/mol. The summed E-state index contributed by atoms with van der Waals surface area (Å²) in [6.45, 7) is 0. The van der Waals surface area contributed by atoms with Crippen LogP contribution < -0.4 is 4.74 Å². The maximum absolute atomic E-state index is 13.8. The van der Waals surface area contributed by atoms with E-state index in [4.69, 9.17) is 4.74 Å². The number of carbonyl (C=O) groups is 1. The second-order valence-electron chi connectivity index (χ2n) is 7.00. The minimum atomic E-state index is -4.75. The number of halogens is 6. The van der Waals surface area contributed by atoms with Gasteiger partial charge in [0.15, 0.2) is 0 Å². The Kier molecular flexibility index (Phi) is 5.69. The van der Waals surface area contributed by atoms with Gasteiger partial charge in [0, 0.05) is 0 Å². The molecule has 0 bridgehead atoms. The molecule has 0 saturated heterocycles. The fraction of sp³-hybridized carbons (Fsp3) is 0.450. The van der Waals surface area contributed by atoms with Crippen molar-refractivity contribution in [3.63, 3.8) is 0 Å². The number of rotatable bonds is 3. The van der Waals surface area contributed by atoms with Crippen molar-refractivity contribution in [2.45, 2.75) is 44.1 Å². The summed E-state index contributed by atoms with van der Waals surface area (Å²) in [7, 11) is 1.16. The molecule has 1 aliphatic carbocycles. The Balaban J connectivity index is 1.91. The molecule has 1 saturated carbocycles. The van der Waals surface area contributed by atoms with Crippen molar-refractivity contribution >= 4 is 16.7 Å². The maximum Gasteiger partial charge on any atom is 0.420 e. The molecule has 9 heteroatoms. The first-order valence-electron chi connectivity index (χ1n) is 8.96. The van der Waals surface area contributed by atoms with E-state index in [2.05, 4.69) is 4.74 Å². The van der Waals surface area contributed by atoms with E-state index in [0.717, 1.165) is 19.2 Å². The SMILES string of the molecule is COC(=O)c1ccc2c(C(F)(F)F)c(OC3CCC(C(F)(F)F)CC3)ccc2c1. The fourth-order valence-corrected chi connectivity index (χ4v) is 3.63. The number of carbonyl (C=O) groups excluding carboxylic acids is 1. The Morgan fingerprint density at radius 2 is 1.62 bits per heavy atom. The van der Waals surface area contributed by atoms with E-state index in [0.29, 0.717) is 0 Å². The second kappa shape index (κ2) is 7.76. The average molecular weight is 420 g/mol. The van der Waals surface area contributed by atoms with Gasteiger partial charge in [-0.2, -0.15) is 26.3 Å². The van der Waals surface area contributed by atoms with Crippen molar-refractivity contribution in [3.05, 3.63) is 41.5 Å². The molecule has 3 rings (SSSR count). The lowest BCUT2D eigenvalue weighted by Gasteiger charge is -2.31. The van der Waals surface area contributed by atoms with Gasteiger partial charge in [-0.1, -0.05) is 12.1 Å². The lowest BCUT2D eigenvalue weighted by Crippen LogP contribution is -2.32. The zero-order valence-corrected chi connectivity index (χ0v) is 15.4. The maximum atomic E-state index is 13.8. The predicted octanol–water partition coefficient (Wildman–Crippen LogP) is 6.15. The second-order valence-corrected chi connectivity index (χ2v) is 7.00. The van der Waals surface area contributed by atoms with Crippen LogP contribution >= 0.6 is 0 Å². The zero-order valence-electron chi connectivity index (χ0n) is 15.4. The van der Waals surface area contributed by atoms with E-state index in [9.17, 15) is 31.1 Å². The fourth-order valence-electron chi connectivity index (χ4n) is 3.63. The van der Waals surface area contributed by atoms with Crippen LogP contribution in [-0.2, 0) is 10.9 Å². The van der Waals surface area contributed by atoms with Crippen molar-refractivity contribution in [1.82, 2.24) is 0 Å². The highest BCUT2D eigenvalue weighted by atomic mass is 19.4. The van der Waals surface area contributed by atoms with Crippen LogP contribution in [0.3, 0.4) is 0 Å². The molecule has 1 fully saturated rings. The third kappa shape index (κ3) is 4.59. The number of hydrogen-bond acceptors (Lipinski definition) is 3. The normalized spacial score (nSPS) is 20.5. The number of hydrogen-bond donors (Lipinski definition) is 0. The Hall–Kier alpha value is -2.45. The third-order valence-corrected chi connectivity index (χ3v) is 5.12. The number of ether oxygens (including phenoxy) is 2. The molecule has 0 amide bonds. The van der Waals surface area contributed by atoms with Gasteiger partial charge >= 0.3 is 18.3 Å². The summed E-state index contributed by atoms with van der Waals surface area (Å²) in [5, 5.41) is 0.0139. The van der Waals surface area contributed by atoms with Gasteiger partial charge in [0.05, 0.1) is 24.7 Å². The highest BCUT2D eigenvalue weighted by Gasteiger charge is 2.42. The smallest absolute Gasteiger partial charge is 0.420 e. The Labute approximate surface area is 162 Å². The van der Waals surface area contributed by atoms with Crippen molar-refractivity contribution in [2.24, 2.45) is 5.92 Å². The van der Waals surface area contributed by atoms with Gasteiger partial charge in [-0.05, 0) is 54.7 Å². The molecule has 1 aliphatic rings. The number of alkyl halides is 6. The highest BCUT2D eigenvalue weighted by Crippen LogP contribution is 2.44. The van der Waals surface area contributed by atoms with E-state index in [1.54, 1.807) is 0 Å². The van der Waals surface area contributed by atoms with Crippen LogP contribution in [0.25, 0.3) is 10.8 Å². The van der Waals surface area contributed by atoms with Gasteiger partial charge in [0.2, 0.25) is 0 Å². The summed E-state index contributed by atoms with van der Waals surface area (Å²) >= 11 is 0. The number of benzene rings is 2. The number of fused-ring (bicyclic) bond motifs is 1. The Morgan fingerprint density at radius 3 is 2.17 bits per heavy atom. The van der Waals surface area contributed by atoms with Crippen LogP contribution in [-0.4, -0.2) is 25.4 Å². The summed E-state index contributed by atoms with van der Waals surface area (Å²) in [5.74, 6) is -2.55. The number of methoxy groups -OCH3 is 1. The quantitative estimate of drug-likeness (QED) is 0.442. The van der Waals surface area contributed by atoms with E-state index in [-0.39, 0.29) is 42.0 Å². The summed E-state index contributed by atoms with van der Waals surface area (Å²) in [6.07, 6.45) is -10.1. The van der Waals surface area contributed by atoms with Gasteiger partial charge in [-0.15, -0.1) is 0 Å². The van der Waals surface area contributed by atoms with Gasteiger partial charge in [0.1, 0.15) is 11.3 Å². The van der Waals surface area contributed by atoms with Crippen molar-refractivity contribution in [3.8, 4) is 5.75 Å². The molecule has 29 heavy (non-hydrogen) atoms. The first kappa shape index (κ1) is 21.3. The van der Waals surface area contributed by atoms with E-state index in [1.807, 2.05) is 0 Å². The molecule has 0 radical (unpaired) electrons. The first-order valence-corrected chi connectivity index (χ1v) is 8.96. The van der Waals surface area contributed by atoms with Gasteiger partial charge in [0.25, 0.3) is 0 Å². The lowest BCUT2D eigenvalue weighted by molar-refractivity contribution is -0.185. The summed E-state index contributed by atoms with van der Waals surface area (Å²) in [4.78, 5) is 11.6. The highest BCUT2D eigenvalue weighted by molar-refractivity contribution is 5.97. The largest absolute Gasteiger partial charge is 0.490 e. The Morgan fingerprint density at radius 1 is 0.966 bits per heavy atom. The number of esters is 1. The van der Waals surface area contributed by atoms with Crippen molar-refractivity contribution < 1.29 is 40.6 Å². The standard InChI is InChI=1S/C20H18F6O3/c1-28-18(27)12-2-8-15-11(10-12)3-9-16(17(15)20(24,25)26)29-14-6-4-13(5-7-14)19(21,22)23/h2-3,8-10,13-14H,4-7H2,1H3. The molecule has 2 aromatic carbocycles. The molecule has 0 atom stereocenters. The van der Waals surface area contributed by atoms with Crippen LogP contribution in [0, 0.1) is 5.92 Å². The molecule has 0 aliphatic heterocycles. The molecule has 3 nitrogen and oxygen atoms in total. The molecular formula is C20H18F6O3. The molecule has 0 unspecified atom stereocenters. The van der Waals surface area contributed by atoms with Gasteiger partial charge in [-0.3, -0.25) is 0 Å². The average Bonchev–Trinajstić information content (AvgIpc) is 2.65. The summed E-state index contributed by atoms with van der Waals surface area (Å²) < 4.78 is 89.7. The van der Waals surface area contributed by atoms with Gasteiger partial charge < -0.3 is 9.47 Å². The molecule has 2 aromatic rings. The van der Waals surface area contributed by atoms with Crippen LogP contribution in [0.1, 0.15) is 41.6 Å². The summed E-state index contributed by atoms with van der Waals surface area (Å²) in [6, 6.07) is 6.20. The topological polar surface area (TPSA) is 35.5 Å². The van der Waals surface area contributed by atoms with Crippen LogP contribution in [0.4, 0.5) is 26.3 Å². The van der Waals surface area contributed by atoms with E-state index in [1.165, 1.54) is 18.2 Å². The van der Waals surface area contributed by atoms with E-state index < -0.39 is 41.7 Å². The van der Waals surface area contributed by atoms with E-state index >= 15 is 0 Å². The Bertz CT molecular complexity index is 895. The molecular weight excluding hydrogens is 402 g/mol. The molecule has 0 aromatic heterocycles. The molecule has 0 spiro atoms. The van der Waals surface area contributed by atoms with Crippen molar-refractivity contribution in [1.29, 1.82) is 0 Å². The van der Waals surface area contributed by atoms with Crippen LogP contribution in [0.2, 0.25) is 0 Å².